The van der Waals surface area contributed by atoms with Crippen molar-refractivity contribution in [1.82, 2.24) is 9.97 Å². The van der Waals surface area contributed by atoms with Crippen LogP contribution in [-0.2, 0) is 5.41 Å². The lowest BCUT2D eigenvalue weighted by Crippen LogP contribution is -2.12. The number of hydrogen-bond acceptors (Lipinski definition) is 4. The summed E-state index contributed by atoms with van der Waals surface area (Å²) in [5.74, 6) is 0.826. The molecule has 3 nitrogen and oxygen atoms in total. The van der Waals surface area contributed by atoms with E-state index in [1.807, 2.05) is 0 Å². The van der Waals surface area contributed by atoms with Gasteiger partial charge in [-0.1, -0.05) is 57.2 Å². The molecule has 0 radical (unpaired) electrons. The predicted molar refractivity (Wildman–Crippen MR) is 134 cm³/mol. The molecular formula is C28H22N2OS. The Hall–Kier alpha value is -3.50. The van der Waals surface area contributed by atoms with E-state index in [-0.39, 0.29) is 5.41 Å². The monoisotopic (exact) mass is 434 g/mol. The molecule has 32 heavy (non-hydrogen) atoms. The maximum atomic E-state index is 6.23. The van der Waals surface area contributed by atoms with Gasteiger partial charge < -0.3 is 4.42 Å². The second-order valence-electron chi connectivity index (χ2n) is 9.19. The molecule has 0 atom stereocenters. The largest absolute Gasteiger partial charge is 0.438 e. The number of rotatable bonds is 2. The van der Waals surface area contributed by atoms with Crippen molar-refractivity contribution in [2.24, 2.45) is 0 Å². The third-order valence-electron chi connectivity index (χ3n) is 6.02. The maximum absolute atomic E-state index is 6.23. The van der Waals surface area contributed by atoms with Crippen molar-refractivity contribution in [3.8, 4) is 22.6 Å². The Morgan fingerprint density at radius 1 is 0.812 bits per heavy atom. The molecule has 0 N–H and O–H groups in total. The molecule has 6 aromatic rings. The highest BCUT2D eigenvalue weighted by Crippen LogP contribution is 2.39. The average Bonchev–Trinajstić information content (AvgIpc) is 3.44. The molecule has 0 fully saturated rings. The topological polar surface area (TPSA) is 38.9 Å². The van der Waals surface area contributed by atoms with E-state index >= 15 is 0 Å². The molecule has 0 aliphatic carbocycles. The number of aromatic nitrogens is 2. The van der Waals surface area contributed by atoms with Crippen molar-refractivity contribution in [3.05, 3.63) is 84.0 Å². The Bertz CT molecular complexity index is 1620. The van der Waals surface area contributed by atoms with Gasteiger partial charge in [0.05, 0.1) is 11.1 Å². The second kappa shape index (κ2) is 7.01. The van der Waals surface area contributed by atoms with Crippen LogP contribution in [0.15, 0.2) is 82.9 Å². The van der Waals surface area contributed by atoms with Crippen LogP contribution in [0.3, 0.4) is 0 Å². The molecule has 0 saturated heterocycles. The SMILES string of the molecule is CC(C)(C)c1cc(-c2ncnc3oc(-c4cccc5ccsc45)cc23)cc2ccccc12. The van der Waals surface area contributed by atoms with E-state index in [0.717, 1.165) is 28.0 Å². The van der Waals surface area contributed by atoms with Crippen LogP contribution in [0.5, 0.6) is 0 Å². The predicted octanol–water partition coefficient (Wildman–Crippen LogP) is 8.22. The maximum Gasteiger partial charge on any atom is 0.230 e. The van der Waals surface area contributed by atoms with Gasteiger partial charge in [-0.3, -0.25) is 0 Å². The molecule has 0 bridgehead atoms. The molecule has 0 unspecified atom stereocenters. The van der Waals surface area contributed by atoms with Crippen molar-refractivity contribution < 1.29 is 4.42 Å². The molecule has 4 heteroatoms. The van der Waals surface area contributed by atoms with Crippen molar-refractivity contribution in [3.63, 3.8) is 0 Å². The number of fused-ring (bicyclic) bond motifs is 3. The Balaban J connectivity index is 1.60. The van der Waals surface area contributed by atoms with Gasteiger partial charge in [0.25, 0.3) is 0 Å². The zero-order chi connectivity index (χ0) is 21.9. The van der Waals surface area contributed by atoms with Crippen LogP contribution in [0.1, 0.15) is 26.3 Å². The average molecular weight is 435 g/mol. The lowest BCUT2D eigenvalue weighted by Gasteiger charge is -2.22. The summed E-state index contributed by atoms with van der Waals surface area (Å²) in [5.41, 5.74) is 5.02. The second-order valence-corrected chi connectivity index (χ2v) is 10.1. The van der Waals surface area contributed by atoms with Crippen molar-refractivity contribution >= 4 is 43.3 Å². The molecule has 0 saturated carbocycles. The Kier molecular flexibility index (Phi) is 4.21. The highest BCUT2D eigenvalue weighted by molar-refractivity contribution is 7.17. The summed E-state index contributed by atoms with van der Waals surface area (Å²) in [7, 11) is 0. The van der Waals surface area contributed by atoms with Crippen LogP contribution in [0.2, 0.25) is 0 Å². The van der Waals surface area contributed by atoms with Crippen LogP contribution >= 0.6 is 11.3 Å². The van der Waals surface area contributed by atoms with E-state index < -0.39 is 0 Å². The minimum Gasteiger partial charge on any atom is -0.438 e. The lowest BCUT2D eigenvalue weighted by molar-refractivity contribution is 0.596. The molecule has 3 aromatic heterocycles. The van der Waals surface area contributed by atoms with Crippen LogP contribution in [0.25, 0.3) is 54.5 Å². The molecule has 156 valence electrons. The van der Waals surface area contributed by atoms with Crippen LogP contribution in [0.4, 0.5) is 0 Å². The quantitative estimate of drug-likeness (QED) is 0.275. The Morgan fingerprint density at radius 2 is 1.66 bits per heavy atom. The molecule has 0 spiro atoms. The van der Waals surface area contributed by atoms with E-state index in [1.165, 1.54) is 26.4 Å². The smallest absolute Gasteiger partial charge is 0.230 e. The zero-order valence-corrected chi connectivity index (χ0v) is 19.0. The number of furan rings is 1. The van der Waals surface area contributed by atoms with Crippen molar-refractivity contribution in [2.75, 3.05) is 0 Å². The number of hydrogen-bond donors (Lipinski definition) is 0. The lowest BCUT2D eigenvalue weighted by atomic mass is 9.82. The van der Waals surface area contributed by atoms with Gasteiger partial charge in [-0.05, 0) is 62.8 Å². The third-order valence-corrected chi connectivity index (χ3v) is 6.98. The van der Waals surface area contributed by atoms with Gasteiger partial charge in [0.15, 0.2) is 0 Å². The van der Waals surface area contributed by atoms with Crippen LogP contribution < -0.4 is 0 Å². The van der Waals surface area contributed by atoms with Crippen LogP contribution in [-0.4, -0.2) is 9.97 Å². The first-order chi connectivity index (χ1) is 15.5. The first-order valence-corrected chi connectivity index (χ1v) is 11.6. The zero-order valence-electron chi connectivity index (χ0n) is 18.2. The number of thiophene rings is 1. The van der Waals surface area contributed by atoms with E-state index in [9.17, 15) is 0 Å². The minimum atomic E-state index is 0.0120. The normalized spacial score (nSPS) is 12.2. The van der Waals surface area contributed by atoms with E-state index in [1.54, 1.807) is 17.7 Å². The number of benzene rings is 3. The first-order valence-electron chi connectivity index (χ1n) is 10.7. The summed E-state index contributed by atoms with van der Waals surface area (Å²) in [6, 6.07) is 23.6. The van der Waals surface area contributed by atoms with E-state index in [4.69, 9.17) is 9.40 Å². The number of nitrogens with zero attached hydrogens (tertiary/aromatic N) is 2. The summed E-state index contributed by atoms with van der Waals surface area (Å²) in [5, 5.41) is 6.78. The highest BCUT2D eigenvalue weighted by Gasteiger charge is 2.20. The molecule has 0 aliphatic heterocycles. The van der Waals surface area contributed by atoms with Gasteiger partial charge in [0.1, 0.15) is 12.1 Å². The van der Waals surface area contributed by atoms with Crippen LogP contribution in [0, 0.1) is 0 Å². The Morgan fingerprint density at radius 3 is 2.53 bits per heavy atom. The van der Waals surface area contributed by atoms with Crippen molar-refractivity contribution in [2.45, 2.75) is 26.2 Å². The van der Waals surface area contributed by atoms with E-state index in [2.05, 4.69) is 97.9 Å². The molecular weight excluding hydrogens is 412 g/mol. The summed E-state index contributed by atoms with van der Waals surface area (Å²) in [6.07, 6.45) is 1.60. The van der Waals surface area contributed by atoms with Gasteiger partial charge >= 0.3 is 0 Å². The Labute approximate surface area is 190 Å². The van der Waals surface area contributed by atoms with Crippen molar-refractivity contribution in [1.29, 1.82) is 0 Å². The summed E-state index contributed by atoms with van der Waals surface area (Å²) in [6.45, 7) is 6.77. The van der Waals surface area contributed by atoms with E-state index in [0.29, 0.717) is 5.71 Å². The molecule has 0 aliphatic rings. The third kappa shape index (κ3) is 3.02. The molecule has 3 heterocycles. The van der Waals surface area contributed by atoms with Gasteiger partial charge in [-0.25, -0.2) is 9.97 Å². The minimum absolute atomic E-state index is 0.0120. The molecule has 6 rings (SSSR count). The van der Waals surface area contributed by atoms with Gasteiger partial charge in [-0.15, -0.1) is 11.3 Å². The molecule has 3 aromatic carbocycles. The fourth-order valence-electron chi connectivity index (χ4n) is 4.47. The van der Waals surface area contributed by atoms with Gasteiger partial charge in [0, 0.05) is 15.8 Å². The fourth-order valence-corrected chi connectivity index (χ4v) is 5.39. The standard InChI is InChI=1S/C28H22N2OS/c1-28(2,3)23-14-19(13-18-7-4-5-9-20(18)23)25-22-15-24(31-27(22)30-16-29-25)21-10-6-8-17-11-12-32-26(17)21/h4-16H,1-3H3. The summed E-state index contributed by atoms with van der Waals surface area (Å²) >= 11 is 1.73. The first kappa shape index (κ1) is 19.2. The summed E-state index contributed by atoms with van der Waals surface area (Å²) in [4.78, 5) is 9.14. The van der Waals surface area contributed by atoms with Gasteiger partial charge in [0.2, 0.25) is 5.71 Å². The van der Waals surface area contributed by atoms with Gasteiger partial charge in [-0.2, -0.15) is 0 Å². The fraction of sp³-hybridized carbons (Fsp3) is 0.143. The molecule has 0 amide bonds. The summed E-state index contributed by atoms with van der Waals surface area (Å²) < 4.78 is 7.46. The highest BCUT2D eigenvalue weighted by atomic mass is 32.1.